The first-order valence-corrected chi connectivity index (χ1v) is 10.7. The van der Waals surface area contributed by atoms with Crippen LogP contribution in [0, 0.1) is 0 Å². The zero-order chi connectivity index (χ0) is 21.9. The summed E-state index contributed by atoms with van der Waals surface area (Å²) in [6, 6.07) is 31.1. The second-order valence-electron chi connectivity index (χ2n) is 7.78. The number of hydrogen-bond donors (Lipinski definition) is 2. The summed E-state index contributed by atoms with van der Waals surface area (Å²) in [6.45, 7) is 1.05. The van der Waals surface area contributed by atoms with Gasteiger partial charge >= 0.3 is 0 Å². The molecule has 0 saturated heterocycles. The number of nitrogens with zero attached hydrogens (tertiary/aromatic N) is 2. The maximum atomic E-state index is 5.79. The van der Waals surface area contributed by atoms with Crippen molar-refractivity contribution >= 4 is 10.9 Å². The van der Waals surface area contributed by atoms with Crippen LogP contribution in [-0.2, 0) is 13.1 Å². The molecule has 0 unspecified atom stereocenters. The lowest BCUT2D eigenvalue weighted by Gasteiger charge is -2.14. The van der Waals surface area contributed by atoms with Crippen LogP contribution >= 0.6 is 0 Å². The number of rotatable bonds is 5. The molecular weight excluding hydrogens is 392 g/mol. The highest BCUT2D eigenvalue weighted by Gasteiger charge is 2.14. The minimum atomic E-state index is 0.523. The minimum Gasteiger partial charge on any atom is -0.326 e. The summed E-state index contributed by atoms with van der Waals surface area (Å²) >= 11 is 0. The summed E-state index contributed by atoms with van der Waals surface area (Å²) in [4.78, 5) is 9.81. The third-order valence-corrected chi connectivity index (χ3v) is 5.75. The molecule has 2 heterocycles. The van der Waals surface area contributed by atoms with Crippen LogP contribution in [-0.4, -0.2) is 9.97 Å². The molecule has 0 aliphatic carbocycles. The molecule has 0 radical (unpaired) electrons. The number of pyridine rings is 2. The number of fused-ring (bicyclic) bond motifs is 1. The molecule has 0 amide bonds. The van der Waals surface area contributed by atoms with Gasteiger partial charge in [0, 0.05) is 41.4 Å². The molecule has 0 aliphatic rings. The lowest BCUT2D eigenvalue weighted by Crippen LogP contribution is -1.97. The minimum absolute atomic E-state index is 0.523. The predicted octanol–water partition coefficient (Wildman–Crippen LogP) is 5.55. The van der Waals surface area contributed by atoms with Crippen LogP contribution in [0.15, 0.2) is 97.2 Å². The van der Waals surface area contributed by atoms with Gasteiger partial charge in [0.05, 0.1) is 16.9 Å². The smallest absolute Gasteiger partial charge is 0.0796 e. The molecule has 0 saturated carbocycles. The molecular formula is C28H24N4. The predicted molar refractivity (Wildman–Crippen MR) is 132 cm³/mol. The number of benzene rings is 3. The van der Waals surface area contributed by atoms with Crippen LogP contribution in [0.25, 0.3) is 44.5 Å². The van der Waals surface area contributed by atoms with Gasteiger partial charge in [0.2, 0.25) is 0 Å². The Hall–Kier alpha value is -3.86. The van der Waals surface area contributed by atoms with E-state index in [9.17, 15) is 0 Å². The summed E-state index contributed by atoms with van der Waals surface area (Å²) in [5.41, 5.74) is 20.8. The summed E-state index contributed by atoms with van der Waals surface area (Å²) in [6.07, 6.45) is 1.82. The van der Waals surface area contributed by atoms with Crippen LogP contribution < -0.4 is 11.5 Å². The van der Waals surface area contributed by atoms with Gasteiger partial charge in [0.15, 0.2) is 0 Å². The molecule has 3 aromatic carbocycles. The summed E-state index contributed by atoms with van der Waals surface area (Å²) < 4.78 is 0. The van der Waals surface area contributed by atoms with Crippen molar-refractivity contribution < 1.29 is 0 Å². The largest absolute Gasteiger partial charge is 0.326 e. The molecule has 4 heteroatoms. The van der Waals surface area contributed by atoms with Gasteiger partial charge < -0.3 is 11.5 Å². The van der Waals surface area contributed by atoms with Gasteiger partial charge in [-0.05, 0) is 28.8 Å². The first-order valence-electron chi connectivity index (χ1n) is 10.7. The Bertz CT molecular complexity index is 1360. The van der Waals surface area contributed by atoms with Crippen molar-refractivity contribution in [3.63, 3.8) is 0 Å². The Labute approximate surface area is 187 Å². The monoisotopic (exact) mass is 416 g/mol. The molecule has 0 bridgehead atoms. The van der Waals surface area contributed by atoms with Crippen molar-refractivity contribution in [2.24, 2.45) is 11.5 Å². The molecule has 4 nitrogen and oxygen atoms in total. The molecule has 4 N–H and O–H groups in total. The van der Waals surface area contributed by atoms with Gasteiger partial charge in [-0.1, -0.05) is 78.9 Å². The average molecular weight is 417 g/mol. The quantitative estimate of drug-likeness (QED) is 0.394. The van der Waals surface area contributed by atoms with E-state index in [1.54, 1.807) is 0 Å². The molecule has 32 heavy (non-hydrogen) atoms. The lowest BCUT2D eigenvalue weighted by molar-refractivity contribution is 1.07. The fourth-order valence-electron chi connectivity index (χ4n) is 3.98. The second kappa shape index (κ2) is 8.71. The van der Waals surface area contributed by atoms with Crippen molar-refractivity contribution in [3.8, 4) is 33.6 Å². The van der Waals surface area contributed by atoms with Gasteiger partial charge in [-0.15, -0.1) is 0 Å². The van der Waals surface area contributed by atoms with Crippen LogP contribution in [0.2, 0.25) is 0 Å². The van der Waals surface area contributed by atoms with Gasteiger partial charge in [-0.2, -0.15) is 0 Å². The number of hydrogen-bond acceptors (Lipinski definition) is 4. The zero-order valence-corrected chi connectivity index (χ0v) is 17.7. The molecule has 0 fully saturated rings. The van der Waals surface area contributed by atoms with E-state index < -0.39 is 0 Å². The van der Waals surface area contributed by atoms with Crippen molar-refractivity contribution in [1.82, 2.24) is 9.97 Å². The highest BCUT2D eigenvalue weighted by molar-refractivity contribution is 5.98. The topological polar surface area (TPSA) is 77.8 Å². The van der Waals surface area contributed by atoms with Crippen LogP contribution in [0.1, 0.15) is 11.1 Å². The summed E-state index contributed by atoms with van der Waals surface area (Å²) in [7, 11) is 0. The van der Waals surface area contributed by atoms with E-state index in [-0.39, 0.29) is 0 Å². The van der Waals surface area contributed by atoms with Crippen LogP contribution in [0.3, 0.4) is 0 Å². The normalized spacial score (nSPS) is 11.1. The molecule has 0 spiro atoms. The molecule has 156 valence electrons. The highest BCUT2D eigenvalue weighted by Crippen LogP contribution is 2.36. The summed E-state index contributed by atoms with van der Waals surface area (Å²) in [5, 5.41) is 1.02. The SMILES string of the molecule is NCc1ccc(-c2nc3ccnc(-c4ccc(CN)cc4)c3cc2-c2ccccc2)cc1. The lowest BCUT2D eigenvalue weighted by atomic mass is 9.95. The molecule has 2 aromatic heterocycles. The Morgan fingerprint density at radius 1 is 0.594 bits per heavy atom. The molecule has 0 atom stereocenters. The maximum absolute atomic E-state index is 5.79. The first-order chi connectivity index (χ1) is 15.8. The van der Waals surface area contributed by atoms with Crippen molar-refractivity contribution in [3.05, 3.63) is 108 Å². The maximum Gasteiger partial charge on any atom is 0.0796 e. The van der Waals surface area contributed by atoms with Gasteiger partial charge in [0.25, 0.3) is 0 Å². The molecule has 5 aromatic rings. The third kappa shape index (κ3) is 3.78. The van der Waals surface area contributed by atoms with E-state index in [1.807, 2.05) is 18.3 Å². The van der Waals surface area contributed by atoms with E-state index >= 15 is 0 Å². The van der Waals surface area contributed by atoms with E-state index in [1.165, 1.54) is 0 Å². The first kappa shape index (κ1) is 20.1. The molecule has 5 rings (SSSR count). The fraction of sp³-hybridized carbons (Fsp3) is 0.0714. The Morgan fingerprint density at radius 2 is 1.19 bits per heavy atom. The second-order valence-corrected chi connectivity index (χ2v) is 7.78. The average Bonchev–Trinajstić information content (AvgIpc) is 2.88. The van der Waals surface area contributed by atoms with E-state index in [4.69, 9.17) is 21.4 Å². The third-order valence-electron chi connectivity index (χ3n) is 5.75. The van der Waals surface area contributed by atoms with E-state index in [0.29, 0.717) is 13.1 Å². The fourth-order valence-corrected chi connectivity index (χ4v) is 3.98. The van der Waals surface area contributed by atoms with Gasteiger partial charge in [-0.3, -0.25) is 4.98 Å². The zero-order valence-electron chi connectivity index (χ0n) is 17.7. The van der Waals surface area contributed by atoms with E-state index in [0.717, 1.165) is 55.7 Å². The Balaban J connectivity index is 1.75. The summed E-state index contributed by atoms with van der Waals surface area (Å²) in [5.74, 6) is 0. The van der Waals surface area contributed by atoms with Crippen LogP contribution in [0.5, 0.6) is 0 Å². The van der Waals surface area contributed by atoms with Gasteiger partial charge in [0.1, 0.15) is 0 Å². The highest BCUT2D eigenvalue weighted by atomic mass is 14.7. The van der Waals surface area contributed by atoms with Gasteiger partial charge in [-0.25, -0.2) is 4.98 Å². The number of nitrogens with two attached hydrogens (primary N) is 2. The number of aromatic nitrogens is 2. The van der Waals surface area contributed by atoms with Crippen molar-refractivity contribution in [2.75, 3.05) is 0 Å². The Kier molecular flexibility index (Phi) is 5.46. The van der Waals surface area contributed by atoms with Crippen LogP contribution in [0.4, 0.5) is 0 Å². The van der Waals surface area contributed by atoms with E-state index in [2.05, 4.69) is 78.9 Å². The van der Waals surface area contributed by atoms with Crippen molar-refractivity contribution in [2.45, 2.75) is 13.1 Å². The molecule has 0 aliphatic heterocycles. The standard InChI is InChI=1S/C28H24N4/c29-17-19-6-10-22(11-7-19)27-25-16-24(21-4-2-1-3-5-21)28(32-26(25)14-15-31-27)23-12-8-20(18-30)9-13-23/h1-16H,17-18,29-30H2. The van der Waals surface area contributed by atoms with Crippen molar-refractivity contribution in [1.29, 1.82) is 0 Å². The Morgan fingerprint density at radius 3 is 1.78 bits per heavy atom.